The number of H-pyrrole nitrogens is 1. The molecule has 0 saturated carbocycles. The van der Waals surface area contributed by atoms with Crippen LogP contribution in [-0.4, -0.2) is 33.8 Å². The molecule has 0 radical (unpaired) electrons. The van der Waals surface area contributed by atoms with Crippen LogP contribution in [0.4, 0.5) is 0 Å². The van der Waals surface area contributed by atoms with Gasteiger partial charge in [0.25, 0.3) is 17.4 Å². The highest BCUT2D eigenvalue weighted by atomic mass is 32.1. The average Bonchev–Trinajstić information content (AvgIpc) is 2.99. The number of ether oxygens (including phenoxy) is 1. The van der Waals surface area contributed by atoms with E-state index >= 15 is 0 Å². The number of amides is 2. The first-order chi connectivity index (χ1) is 14.0. The van der Waals surface area contributed by atoms with E-state index in [0.717, 1.165) is 15.2 Å². The summed E-state index contributed by atoms with van der Waals surface area (Å²) in [5, 5.41) is 7.19. The fourth-order valence-electron chi connectivity index (χ4n) is 2.94. The standard InChI is InChI=1S/C20H14N4O4S/c1-28-13-9-6-12(7-10-13)8-11-16-19(27)24(20(29)22-21-16)23-17(25)14-4-2-3-5-15(14)18(23)26/h2-11H,1H3,(H,22,29)/b11-8+. The van der Waals surface area contributed by atoms with Crippen LogP contribution in [-0.2, 0) is 0 Å². The van der Waals surface area contributed by atoms with Crippen molar-refractivity contribution in [1.29, 1.82) is 0 Å². The molecule has 0 unspecified atom stereocenters. The number of hydrogen-bond acceptors (Lipinski definition) is 6. The summed E-state index contributed by atoms with van der Waals surface area (Å²) in [6.45, 7) is 0. The molecule has 4 rings (SSSR count). The molecule has 1 aliphatic rings. The van der Waals surface area contributed by atoms with Crippen molar-refractivity contribution in [2.45, 2.75) is 0 Å². The number of rotatable bonds is 4. The Balaban J connectivity index is 1.74. The third-order valence-electron chi connectivity index (χ3n) is 4.40. The van der Waals surface area contributed by atoms with Gasteiger partial charge in [0, 0.05) is 0 Å². The SMILES string of the molecule is COc1ccc(/C=C/c2n[nH]c(=S)n(N3C(=O)c4ccccc4C3=O)c2=O)cc1. The van der Waals surface area contributed by atoms with Gasteiger partial charge in [-0.2, -0.15) is 14.8 Å². The van der Waals surface area contributed by atoms with Crippen molar-refractivity contribution in [3.63, 3.8) is 0 Å². The normalized spacial score (nSPS) is 13.2. The van der Waals surface area contributed by atoms with Crippen molar-refractivity contribution < 1.29 is 14.3 Å². The predicted octanol–water partition coefficient (Wildman–Crippen LogP) is 2.41. The molecule has 0 atom stereocenters. The Kier molecular flexibility index (Phi) is 4.65. The number of aromatic nitrogens is 3. The average molecular weight is 406 g/mol. The van der Waals surface area contributed by atoms with E-state index in [9.17, 15) is 14.4 Å². The fraction of sp³-hybridized carbons (Fsp3) is 0.0500. The van der Waals surface area contributed by atoms with Gasteiger partial charge in [-0.25, -0.2) is 0 Å². The quantitative estimate of drug-likeness (QED) is 0.528. The Morgan fingerprint density at radius 2 is 1.59 bits per heavy atom. The zero-order valence-electron chi connectivity index (χ0n) is 15.2. The van der Waals surface area contributed by atoms with Crippen LogP contribution >= 0.6 is 12.2 Å². The Bertz CT molecular complexity index is 1240. The highest BCUT2D eigenvalue weighted by Crippen LogP contribution is 2.21. The van der Waals surface area contributed by atoms with E-state index in [4.69, 9.17) is 17.0 Å². The smallest absolute Gasteiger partial charge is 0.300 e. The number of nitrogens with zero attached hydrogens (tertiary/aromatic N) is 3. The highest BCUT2D eigenvalue weighted by molar-refractivity contribution is 7.71. The second kappa shape index (κ2) is 7.28. The van der Waals surface area contributed by atoms with E-state index in [2.05, 4.69) is 10.2 Å². The number of hydrogen-bond donors (Lipinski definition) is 1. The van der Waals surface area contributed by atoms with E-state index in [0.29, 0.717) is 5.75 Å². The van der Waals surface area contributed by atoms with Crippen molar-refractivity contribution in [3.05, 3.63) is 86.0 Å². The van der Waals surface area contributed by atoms with Gasteiger partial charge in [0.05, 0.1) is 18.2 Å². The number of aromatic amines is 1. The first-order valence-corrected chi connectivity index (χ1v) is 8.94. The van der Waals surface area contributed by atoms with Gasteiger partial charge in [-0.15, -0.1) is 0 Å². The minimum atomic E-state index is -0.687. The van der Waals surface area contributed by atoms with Crippen LogP contribution in [0.2, 0.25) is 0 Å². The number of benzene rings is 2. The van der Waals surface area contributed by atoms with E-state index in [1.54, 1.807) is 37.5 Å². The molecular weight excluding hydrogens is 392 g/mol. The third kappa shape index (κ3) is 3.17. The van der Waals surface area contributed by atoms with Crippen LogP contribution in [0.15, 0.2) is 53.3 Å². The molecular formula is C20H14N4O4S. The van der Waals surface area contributed by atoms with Gasteiger partial charge in [0.2, 0.25) is 4.77 Å². The summed E-state index contributed by atoms with van der Waals surface area (Å²) >= 11 is 5.12. The van der Waals surface area contributed by atoms with E-state index < -0.39 is 17.4 Å². The lowest BCUT2D eigenvalue weighted by atomic mass is 10.1. The van der Waals surface area contributed by atoms with Crippen LogP contribution in [0.5, 0.6) is 5.75 Å². The molecule has 3 aromatic rings. The maximum Gasteiger partial charge on any atom is 0.300 e. The Morgan fingerprint density at radius 1 is 0.966 bits per heavy atom. The van der Waals surface area contributed by atoms with Crippen LogP contribution in [0.1, 0.15) is 32.0 Å². The summed E-state index contributed by atoms with van der Waals surface area (Å²) < 4.78 is 5.78. The largest absolute Gasteiger partial charge is 0.497 e. The summed E-state index contributed by atoms with van der Waals surface area (Å²) in [4.78, 5) is 38.3. The van der Waals surface area contributed by atoms with Crippen LogP contribution < -0.4 is 15.3 Å². The molecule has 0 saturated heterocycles. The van der Waals surface area contributed by atoms with Crippen LogP contribution in [0.25, 0.3) is 12.2 Å². The molecule has 0 aliphatic carbocycles. The monoisotopic (exact) mass is 406 g/mol. The van der Waals surface area contributed by atoms with E-state index in [1.807, 2.05) is 12.1 Å². The summed E-state index contributed by atoms with van der Waals surface area (Å²) in [5.41, 5.74) is 0.539. The highest BCUT2D eigenvalue weighted by Gasteiger charge is 2.38. The second-order valence-corrected chi connectivity index (χ2v) is 6.49. The van der Waals surface area contributed by atoms with Crippen molar-refractivity contribution in [1.82, 2.24) is 14.9 Å². The lowest BCUT2D eigenvalue weighted by Gasteiger charge is -2.16. The summed E-state index contributed by atoms with van der Waals surface area (Å²) in [7, 11) is 1.57. The maximum atomic E-state index is 12.9. The number of fused-ring (bicyclic) bond motifs is 1. The molecule has 0 fully saturated rings. The molecule has 8 nitrogen and oxygen atoms in total. The Morgan fingerprint density at radius 3 is 2.17 bits per heavy atom. The number of carbonyl (C=O) groups is 2. The summed E-state index contributed by atoms with van der Waals surface area (Å²) in [6, 6.07) is 13.5. The molecule has 1 aliphatic heterocycles. The number of imide groups is 1. The van der Waals surface area contributed by atoms with Crippen LogP contribution in [0.3, 0.4) is 0 Å². The third-order valence-corrected chi connectivity index (χ3v) is 4.66. The molecule has 144 valence electrons. The Labute approximate surface area is 169 Å². The summed E-state index contributed by atoms with van der Waals surface area (Å²) in [6.07, 6.45) is 3.15. The molecule has 0 bridgehead atoms. The van der Waals surface area contributed by atoms with Gasteiger partial charge in [-0.1, -0.05) is 30.3 Å². The molecule has 2 aromatic carbocycles. The second-order valence-electron chi connectivity index (χ2n) is 6.11. The van der Waals surface area contributed by atoms with E-state index in [-0.39, 0.29) is 21.6 Å². The minimum Gasteiger partial charge on any atom is -0.497 e. The van der Waals surface area contributed by atoms with Gasteiger partial charge in [-0.05, 0) is 48.1 Å². The van der Waals surface area contributed by atoms with Gasteiger partial charge < -0.3 is 4.74 Å². The van der Waals surface area contributed by atoms with Crippen molar-refractivity contribution in [3.8, 4) is 5.75 Å². The molecule has 2 amide bonds. The van der Waals surface area contributed by atoms with Crippen LogP contribution in [0, 0.1) is 4.77 Å². The molecule has 9 heteroatoms. The lowest BCUT2D eigenvalue weighted by Crippen LogP contribution is -2.47. The van der Waals surface area contributed by atoms with Crippen molar-refractivity contribution in [2.24, 2.45) is 0 Å². The molecule has 2 heterocycles. The zero-order chi connectivity index (χ0) is 20.5. The Hall–Kier alpha value is -3.85. The van der Waals surface area contributed by atoms with E-state index in [1.165, 1.54) is 18.2 Å². The fourth-order valence-corrected chi connectivity index (χ4v) is 3.15. The predicted molar refractivity (Wildman–Crippen MR) is 109 cm³/mol. The zero-order valence-corrected chi connectivity index (χ0v) is 16.0. The lowest BCUT2D eigenvalue weighted by molar-refractivity contribution is 0.0882. The molecule has 0 spiro atoms. The maximum absolute atomic E-state index is 12.9. The molecule has 1 aromatic heterocycles. The topological polar surface area (TPSA) is 97.3 Å². The van der Waals surface area contributed by atoms with Crippen molar-refractivity contribution in [2.75, 3.05) is 12.1 Å². The first kappa shape index (κ1) is 18.5. The number of carbonyl (C=O) groups excluding carboxylic acids is 2. The molecule has 1 N–H and O–H groups in total. The van der Waals surface area contributed by atoms with Crippen molar-refractivity contribution >= 4 is 36.2 Å². The number of nitrogens with one attached hydrogen (secondary N) is 1. The first-order valence-electron chi connectivity index (χ1n) is 8.53. The van der Waals surface area contributed by atoms with Gasteiger partial charge in [-0.3, -0.25) is 19.5 Å². The van der Waals surface area contributed by atoms with Gasteiger partial charge in [0.1, 0.15) is 5.75 Å². The number of methoxy groups -OCH3 is 1. The molecule has 29 heavy (non-hydrogen) atoms. The van der Waals surface area contributed by atoms with Gasteiger partial charge >= 0.3 is 0 Å². The minimum absolute atomic E-state index is 0.00836. The van der Waals surface area contributed by atoms with Gasteiger partial charge in [0.15, 0.2) is 5.69 Å². The summed E-state index contributed by atoms with van der Waals surface area (Å²) in [5.74, 6) is -0.538.